The smallest absolute Gasteiger partial charge is 0.423 e. The number of hydrogen-bond donors (Lipinski definition) is 2. The molecule has 1 aromatic carbocycles. The topological polar surface area (TPSA) is 115 Å². The second-order valence-electron chi connectivity index (χ2n) is 5.69. The number of anilines is 1. The molecule has 8 nitrogen and oxygen atoms in total. The van der Waals surface area contributed by atoms with Gasteiger partial charge in [-0.3, -0.25) is 19.9 Å². The number of amides is 1. The molecule has 0 saturated heterocycles. The quantitative estimate of drug-likeness (QED) is 0.486. The Kier molecular flexibility index (Phi) is 11.2. The normalized spacial score (nSPS) is 12.2. The van der Waals surface area contributed by atoms with Gasteiger partial charge in [0.15, 0.2) is 5.60 Å². The highest BCUT2D eigenvalue weighted by Gasteiger charge is 2.39. The molecule has 0 radical (unpaired) electrons. The number of nitrogens with one attached hydrogen (secondary N) is 1. The van der Waals surface area contributed by atoms with E-state index in [9.17, 15) is 33.2 Å². The lowest BCUT2D eigenvalue weighted by Gasteiger charge is -2.22. The number of alkyl halides is 3. The first-order chi connectivity index (χ1) is 14.5. The molecule has 0 aliphatic carbocycles. The number of ether oxygens (including phenoxy) is 1. The molecule has 0 bridgehead atoms. The van der Waals surface area contributed by atoms with Crippen molar-refractivity contribution in [3.05, 3.63) is 58.4 Å². The van der Waals surface area contributed by atoms with E-state index in [0.717, 1.165) is 13.0 Å². The van der Waals surface area contributed by atoms with Crippen LogP contribution in [0.3, 0.4) is 0 Å². The summed E-state index contributed by atoms with van der Waals surface area (Å²) in [4.78, 5) is 25.5. The summed E-state index contributed by atoms with van der Waals surface area (Å²) < 4.78 is 44.1. The molecule has 2 aromatic rings. The summed E-state index contributed by atoms with van der Waals surface area (Å²) in [6, 6.07) is 5.09. The number of nitro groups is 1. The maximum Gasteiger partial charge on any atom is 0.423 e. The summed E-state index contributed by atoms with van der Waals surface area (Å²) in [6.07, 6.45) is -2.15. The summed E-state index contributed by atoms with van der Waals surface area (Å²) in [7, 11) is 0. The van der Waals surface area contributed by atoms with Crippen molar-refractivity contribution in [2.75, 3.05) is 11.9 Å². The van der Waals surface area contributed by atoms with Crippen LogP contribution in [0.25, 0.3) is 0 Å². The number of nitrogens with zero attached hydrogens (tertiary/aromatic N) is 2. The Bertz CT molecular complexity index is 844. The van der Waals surface area contributed by atoms with Crippen molar-refractivity contribution in [3.8, 4) is 5.75 Å². The summed E-state index contributed by atoms with van der Waals surface area (Å²) >= 11 is 0. The van der Waals surface area contributed by atoms with Crippen LogP contribution in [0.4, 0.5) is 24.5 Å². The van der Waals surface area contributed by atoms with Crippen molar-refractivity contribution in [2.45, 2.75) is 46.4 Å². The van der Waals surface area contributed by atoms with Gasteiger partial charge in [0.1, 0.15) is 17.9 Å². The number of rotatable bonds is 6. The summed E-state index contributed by atoms with van der Waals surface area (Å²) in [6.45, 7) is 8.61. The first kappa shape index (κ1) is 27.8. The van der Waals surface area contributed by atoms with E-state index >= 15 is 0 Å². The van der Waals surface area contributed by atoms with E-state index in [1.807, 2.05) is 27.7 Å². The number of benzene rings is 1. The lowest BCUT2D eigenvalue weighted by Crippen LogP contribution is -2.45. The molecular weight excluding hydrogens is 419 g/mol. The lowest BCUT2D eigenvalue weighted by molar-refractivity contribution is -0.388. The van der Waals surface area contributed by atoms with Gasteiger partial charge >= 0.3 is 6.18 Å². The third-order valence-corrected chi connectivity index (χ3v) is 3.40. The molecule has 1 heterocycles. The highest BCUT2D eigenvalue weighted by atomic mass is 19.4. The van der Waals surface area contributed by atoms with Crippen LogP contribution in [0, 0.1) is 10.1 Å². The maximum absolute atomic E-state index is 13.0. The number of carbonyl (C=O) groups is 1. The Hall–Kier alpha value is -3.21. The van der Waals surface area contributed by atoms with Crippen molar-refractivity contribution < 1.29 is 32.7 Å². The largest absolute Gasteiger partial charge is 0.488 e. The van der Waals surface area contributed by atoms with Crippen LogP contribution >= 0.6 is 0 Å². The van der Waals surface area contributed by atoms with Crippen LogP contribution in [0.1, 0.15) is 40.2 Å². The average molecular weight is 445 g/mol. The highest BCUT2D eigenvalue weighted by molar-refractivity contribution is 5.97. The van der Waals surface area contributed by atoms with Crippen LogP contribution in [0.2, 0.25) is 0 Å². The molecule has 0 unspecified atom stereocenters. The molecule has 1 aromatic heterocycles. The Morgan fingerprint density at radius 1 is 1.23 bits per heavy atom. The van der Waals surface area contributed by atoms with Gasteiger partial charge in [0.05, 0.1) is 11.1 Å². The van der Waals surface area contributed by atoms with Gasteiger partial charge in [0.2, 0.25) is 0 Å². The molecule has 2 rings (SSSR count). The van der Waals surface area contributed by atoms with Gasteiger partial charge in [0, 0.05) is 18.0 Å². The number of halogens is 3. The lowest BCUT2D eigenvalue weighted by atomic mass is 10.1. The Morgan fingerprint density at radius 2 is 1.84 bits per heavy atom. The predicted octanol–water partition coefficient (Wildman–Crippen LogP) is 4.83. The number of aromatic nitrogens is 1. The van der Waals surface area contributed by atoms with E-state index in [2.05, 4.69) is 10.3 Å². The fourth-order valence-electron chi connectivity index (χ4n) is 1.99. The van der Waals surface area contributed by atoms with Gasteiger partial charge in [0.25, 0.3) is 11.6 Å². The first-order valence-corrected chi connectivity index (χ1v) is 9.43. The SMILES string of the molecule is CC.CC.C[C@](O)(COc1cccnc1)C(=O)Nc1ccc([N+](=O)[O-])c(C(F)(F)F)c1. The monoisotopic (exact) mass is 445 g/mol. The molecule has 0 spiro atoms. The van der Waals surface area contributed by atoms with Crippen molar-refractivity contribution >= 4 is 17.3 Å². The van der Waals surface area contributed by atoms with Gasteiger partial charge < -0.3 is 15.2 Å². The molecule has 1 amide bonds. The van der Waals surface area contributed by atoms with E-state index in [1.165, 1.54) is 18.5 Å². The van der Waals surface area contributed by atoms with Crippen LogP contribution in [0.15, 0.2) is 42.7 Å². The van der Waals surface area contributed by atoms with E-state index in [4.69, 9.17) is 4.74 Å². The van der Waals surface area contributed by atoms with Gasteiger partial charge in [-0.2, -0.15) is 13.2 Å². The Balaban J connectivity index is 0.00000212. The first-order valence-electron chi connectivity index (χ1n) is 9.43. The second kappa shape index (κ2) is 12.5. The fourth-order valence-corrected chi connectivity index (χ4v) is 1.99. The van der Waals surface area contributed by atoms with Gasteiger partial charge in [-0.05, 0) is 31.2 Å². The number of carbonyl (C=O) groups excluding carboxylic acids is 1. The molecule has 31 heavy (non-hydrogen) atoms. The minimum absolute atomic E-state index is 0.278. The van der Waals surface area contributed by atoms with Crippen molar-refractivity contribution in [1.29, 1.82) is 0 Å². The molecule has 11 heteroatoms. The number of aliphatic hydroxyl groups is 1. The zero-order valence-electron chi connectivity index (χ0n) is 17.9. The minimum Gasteiger partial charge on any atom is -0.488 e. The highest BCUT2D eigenvalue weighted by Crippen LogP contribution is 2.37. The fraction of sp³-hybridized carbons (Fsp3) is 0.400. The zero-order chi connectivity index (χ0) is 24.2. The van der Waals surface area contributed by atoms with Crippen molar-refractivity contribution in [2.24, 2.45) is 0 Å². The summed E-state index contributed by atoms with van der Waals surface area (Å²) in [5, 5.41) is 23.0. The predicted molar refractivity (Wildman–Crippen MR) is 110 cm³/mol. The van der Waals surface area contributed by atoms with Crippen molar-refractivity contribution in [3.63, 3.8) is 0 Å². The molecule has 0 aliphatic heterocycles. The molecular formula is C20H26F3N3O5. The maximum atomic E-state index is 13.0. The zero-order valence-corrected chi connectivity index (χ0v) is 17.9. The number of nitro benzene ring substituents is 1. The molecule has 172 valence electrons. The van der Waals surface area contributed by atoms with E-state index < -0.39 is 40.5 Å². The Labute approximate surface area is 178 Å². The number of hydrogen-bond acceptors (Lipinski definition) is 6. The van der Waals surface area contributed by atoms with E-state index in [1.54, 1.807) is 6.07 Å². The van der Waals surface area contributed by atoms with Gasteiger partial charge in [-0.25, -0.2) is 0 Å². The summed E-state index contributed by atoms with van der Waals surface area (Å²) in [5.74, 6) is -0.770. The average Bonchev–Trinajstić information content (AvgIpc) is 2.75. The minimum atomic E-state index is -4.99. The third-order valence-electron chi connectivity index (χ3n) is 3.40. The van der Waals surface area contributed by atoms with E-state index in [0.29, 0.717) is 12.1 Å². The van der Waals surface area contributed by atoms with Crippen LogP contribution in [-0.4, -0.2) is 33.1 Å². The van der Waals surface area contributed by atoms with Gasteiger partial charge in [-0.15, -0.1) is 0 Å². The molecule has 1 atom stereocenters. The second-order valence-corrected chi connectivity index (χ2v) is 5.69. The van der Waals surface area contributed by atoms with E-state index in [-0.39, 0.29) is 11.4 Å². The van der Waals surface area contributed by atoms with Gasteiger partial charge in [-0.1, -0.05) is 27.7 Å². The molecule has 2 N–H and O–H groups in total. The van der Waals surface area contributed by atoms with Crippen molar-refractivity contribution in [1.82, 2.24) is 4.98 Å². The van der Waals surface area contributed by atoms with Crippen LogP contribution in [-0.2, 0) is 11.0 Å². The molecule has 0 fully saturated rings. The Morgan fingerprint density at radius 3 is 2.32 bits per heavy atom. The van der Waals surface area contributed by atoms with Crippen LogP contribution < -0.4 is 10.1 Å². The third kappa shape index (κ3) is 8.59. The van der Waals surface area contributed by atoms with Crippen LogP contribution in [0.5, 0.6) is 5.75 Å². The molecule has 0 aliphatic rings. The molecule has 0 saturated carbocycles. The standard InChI is InChI=1S/C16H14F3N3O5.2C2H6/c1-15(24,9-27-11-3-2-6-20-8-11)14(23)21-10-4-5-13(22(25)26)12(7-10)16(17,18)19;2*1-2/h2-8,24H,9H2,1H3,(H,21,23);2*1-2H3/t15-;;/m0../s1. The number of pyridine rings is 1. The summed E-state index contributed by atoms with van der Waals surface area (Å²) in [5.41, 5.74) is -5.11.